The van der Waals surface area contributed by atoms with Gasteiger partial charge in [-0.1, -0.05) is 17.4 Å². The monoisotopic (exact) mass is 401 g/mol. The van der Waals surface area contributed by atoms with E-state index in [-0.39, 0.29) is 10.8 Å². The van der Waals surface area contributed by atoms with Crippen molar-refractivity contribution in [3.8, 4) is 11.4 Å². The fourth-order valence-corrected chi connectivity index (χ4v) is 4.65. The average molecular weight is 402 g/mol. The second-order valence-electron chi connectivity index (χ2n) is 7.51. The summed E-state index contributed by atoms with van der Waals surface area (Å²) < 4.78 is 1.81. The molecule has 4 heterocycles. The summed E-state index contributed by atoms with van der Waals surface area (Å²) >= 11 is 1.22. The second-order valence-corrected chi connectivity index (χ2v) is 8.33. The smallest absolute Gasteiger partial charge is 0.308 e. The van der Waals surface area contributed by atoms with Crippen molar-refractivity contribution in [1.82, 2.24) is 24.3 Å². The Hall–Kier alpha value is -2.03. The Morgan fingerprint density at radius 2 is 1.75 bits per heavy atom. The second kappa shape index (κ2) is 8.98. The van der Waals surface area contributed by atoms with Gasteiger partial charge in [-0.2, -0.15) is 0 Å². The van der Waals surface area contributed by atoms with Crippen molar-refractivity contribution >= 4 is 17.2 Å². The molecular formula is C20H27N5O2S. The van der Waals surface area contributed by atoms with Crippen molar-refractivity contribution in [1.29, 1.82) is 0 Å². The normalized spacial score (nSPS) is 19.1. The van der Waals surface area contributed by atoms with Crippen molar-refractivity contribution in [3.05, 3.63) is 39.4 Å². The van der Waals surface area contributed by atoms with Crippen molar-refractivity contribution in [2.24, 2.45) is 0 Å². The highest BCUT2D eigenvalue weighted by molar-refractivity contribution is 7.07. The number of carbonyl (C=O) groups excluding carboxylic acids is 1. The summed E-state index contributed by atoms with van der Waals surface area (Å²) in [4.78, 5) is 35.8. The molecule has 0 saturated carbocycles. The lowest BCUT2D eigenvalue weighted by Gasteiger charge is -2.36. The third kappa shape index (κ3) is 4.51. The Labute approximate surface area is 169 Å². The number of amides is 1. The number of carbonyl (C=O) groups is 1. The van der Waals surface area contributed by atoms with Crippen LogP contribution >= 0.6 is 11.3 Å². The van der Waals surface area contributed by atoms with E-state index >= 15 is 0 Å². The van der Waals surface area contributed by atoms with Gasteiger partial charge in [-0.05, 0) is 31.4 Å². The summed E-state index contributed by atoms with van der Waals surface area (Å²) in [7, 11) is 0. The van der Waals surface area contributed by atoms with Crippen LogP contribution in [0.1, 0.15) is 19.3 Å². The quantitative estimate of drug-likeness (QED) is 0.761. The number of pyridine rings is 1. The maximum absolute atomic E-state index is 12.5. The van der Waals surface area contributed by atoms with E-state index in [1.807, 2.05) is 33.0 Å². The molecule has 0 aromatic carbocycles. The number of rotatable bonds is 5. The molecule has 2 aliphatic rings. The highest BCUT2D eigenvalue weighted by Crippen LogP contribution is 2.18. The van der Waals surface area contributed by atoms with Crippen LogP contribution in [0, 0.1) is 0 Å². The van der Waals surface area contributed by atoms with E-state index in [2.05, 4.69) is 14.8 Å². The van der Waals surface area contributed by atoms with Gasteiger partial charge in [0.05, 0.1) is 24.6 Å². The summed E-state index contributed by atoms with van der Waals surface area (Å²) in [6.45, 7) is 6.35. The Bertz CT molecular complexity index is 836. The molecule has 8 heteroatoms. The van der Waals surface area contributed by atoms with Crippen LogP contribution in [0.4, 0.5) is 0 Å². The van der Waals surface area contributed by atoms with Crippen LogP contribution in [0.3, 0.4) is 0 Å². The third-order valence-corrected chi connectivity index (χ3v) is 6.35. The van der Waals surface area contributed by atoms with Gasteiger partial charge in [0.1, 0.15) is 0 Å². The number of piperazine rings is 1. The average Bonchev–Trinajstić information content (AvgIpc) is 3.11. The Balaban J connectivity index is 1.32. The summed E-state index contributed by atoms with van der Waals surface area (Å²) in [6.07, 6.45) is 5.26. The molecule has 1 amide bonds. The van der Waals surface area contributed by atoms with Gasteiger partial charge in [-0.25, -0.2) is 0 Å². The zero-order valence-electron chi connectivity index (χ0n) is 16.1. The molecule has 150 valence electrons. The SMILES string of the molecule is O=C(CN1CCN(Cn2c(-c3ccccn3)csc2=O)CC1)N1CCCCC1. The van der Waals surface area contributed by atoms with Crippen molar-refractivity contribution < 1.29 is 4.79 Å². The predicted octanol–water partition coefficient (Wildman–Crippen LogP) is 1.56. The van der Waals surface area contributed by atoms with Crippen LogP contribution in [0.25, 0.3) is 11.4 Å². The minimum Gasteiger partial charge on any atom is -0.342 e. The first-order valence-electron chi connectivity index (χ1n) is 10.0. The lowest BCUT2D eigenvalue weighted by molar-refractivity contribution is -0.133. The van der Waals surface area contributed by atoms with Crippen LogP contribution in [0.15, 0.2) is 34.6 Å². The first-order valence-corrected chi connectivity index (χ1v) is 10.9. The largest absolute Gasteiger partial charge is 0.342 e. The molecule has 28 heavy (non-hydrogen) atoms. The molecule has 2 saturated heterocycles. The van der Waals surface area contributed by atoms with Crippen molar-refractivity contribution in [2.75, 3.05) is 45.8 Å². The minimum atomic E-state index is 0.0448. The van der Waals surface area contributed by atoms with E-state index in [0.717, 1.165) is 63.5 Å². The Kier molecular flexibility index (Phi) is 6.19. The lowest BCUT2D eigenvalue weighted by Crippen LogP contribution is -2.51. The molecule has 0 N–H and O–H groups in total. The lowest BCUT2D eigenvalue weighted by atomic mass is 10.1. The summed E-state index contributed by atoms with van der Waals surface area (Å²) in [5.74, 6) is 0.264. The molecule has 0 unspecified atom stereocenters. The first-order chi connectivity index (χ1) is 13.7. The van der Waals surface area contributed by atoms with E-state index in [1.54, 1.807) is 6.20 Å². The minimum absolute atomic E-state index is 0.0448. The summed E-state index contributed by atoms with van der Waals surface area (Å²) in [6, 6.07) is 5.75. The topological polar surface area (TPSA) is 61.7 Å². The van der Waals surface area contributed by atoms with Crippen LogP contribution in [-0.4, -0.2) is 76.0 Å². The number of hydrogen-bond acceptors (Lipinski definition) is 6. The van der Waals surface area contributed by atoms with Crippen molar-refractivity contribution in [2.45, 2.75) is 25.9 Å². The van der Waals surface area contributed by atoms with E-state index in [9.17, 15) is 9.59 Å². The Morgan fingerprint density at radius 1 is 1.00 bits per heavy atom. The van der Waals surface area contributed by atoms with Crippen LogP contribution in [0.2, 0.25) is 0 Å². The highest BCUT2D eigenvalue weighted by Gasteiger charge is 2.23. The zero-order valence-corrected chi connectivity index (χ0v) is 16.9. The molecule has 0 spiro atoms. The summed E-state index contributed by atoms with van der Waals surface area (Å²) in [5.41, 5.74) is 1.70. The Morgan fingerprint density at radius 3 is 2.46 bits per heavy atom. The molecule has 0 atom stereocenters. The third-order valence-electron chi connectivity index (χ3n) is 5.58. The maximum atomic E-state index is 12.5. The van der Waals surface area contributed by atoms with Gasteiger partial charge in [-0.3, -0.25) is 28.9 Å². The molecular weight excluding hydrogens is 374 g/mol. The van der Waals surface area contributed by atoms with Crippen LogP contribution in [-0.2, 0) is 11.5 Å². The van der Waals surface area contributed by atoms with Gasteiger partial charge < -0.3 is 4.90 Å². The van der Waals surface area contributed by atoms with Crippen molar-refractivity contribution in [3.63, 3.8) is 0 Å². The van der Waals surface area contributed by atoms with Gasteiger partial charge >= 0.3 is 4.87 Å². The number of aromatic nitrogens is 2. The molecule has 0 bridgehead atoms. The fourth-order valence-electron chi connectivity index (χ4n) is 3.90. The van der Waals surface area contributed by atoms with Gasteiger partial charge in [0, 0.05) is 50.8 Å². The van der Waals surface area contributed by atoms with E-state index < -0.39 is 0 Å². The molecule has 0 aliphatic carbocycles. The number of likely N-dealkylation sites (tertiary alicyclic amines) is 1. The van der Waals surface area contributed by atoms with Gasteiger partial charge in [0.25, 0.3) is 0 Å². The number of nitrogens with zero attached hydrogens (tertiary/aromatic N) is 5. The van der Waals surface area contributed by atoms with Gasteiger partial charge in [0.15, 0.2) is 0 Å². The first kappa shape index (κ1) is 19.3. The van der Waals surface area contributed by atoms with Gasteiger partial charge in [-0.15, -0.1) is 0 Å². The number of piperidine rings is 1. The summed E-state index contributed by atoms with van der Waals surface area (Å²) in [5, 5.41) is 1.89. The molecule has 2 aliphatic heterocycles. The number of thiazole rings is 1. The van der Waals surface area contributed by atoms with Crippen LogP contribution < -0.4 is 4.87 Å². The van der Waals surface area contributed by atoms with E-state index in [1.165, 1.54) is 17.8 Å². The maximum Gasteiger partial charge on any atom is 0.308 e. The molecule has 7 nitrogen and oxygen atoms in total. The van der Waals surface area contributed by atoms with E-state index in [0.29, 0.717) is 13.2 Å². The molecule has 0 radical (unpaired) electrons. The zero-order chi connectivity index (χ0) is 19.3. The predicted molar refractivity (Wildman–Crippen MR) is 110 cm³/mol. The molecule has 2 aromatic heterocycles. The molecule has 4 rings (SSSR count). The molecule has 2 aromatic rings. The standard InChI is InChI=1S/C20H27N5O2S/c26-19(24-8-4-1-5-9-24)14-22-10-12-23(13-11-22)16-25-18(15-28-20(25)27)17-6-2-3-7-21-17/h2-3,6-7,15H,1,4-5,8-14,16H2. The fraction of sp³-hybridized carbons (Fsp3) is 0.550. The van der Waals surface area contributed by atoms with Gasteiger partial charge in [0.2, 0.25) is 5.91 Å². The highest BCUT2D eigenvalue weighted by atomic mass is 32.1. The molecule has 2 fully saturated rings. The van der Waals surface area contributed by atoms with Crippen LogP contribution in [0.5, 0.6) is 0 Å². The number of hydrogen-bond donors (Lipinski definition) is 0. The van der Waals surface area contributed by atoms with E-state index in [4.69, 9.17) is 0 Å².